The van der Waals surface area contributed by atoms with Crippen molar-refractivity contribution < 1.29 is 14.2 Å². The van der Waals surface area contributed by atoms with Gasteiger partial charge in [-0.15, -0.1) is 0 Å². The summed E-state index contributed by atoms with van der Waals surface area (Å²) in [4.78, 5) is 0. The first kappa shape index (κ1) is 17.2. The topological polar surface area (TPSA) is 53.7 Å². The molecular weight excluding hydrogens is 290 g/mol. The average Bonchev–Trinajstić information content (AvgIpc) is 2.54. The van der Waals surface area contributed by atoms with Gasteiger partial charge in [0.25, 0.3) is 0 Å². The van der Waals surface area contributed by atoms with Crippen molar-refractivity contribution in [3.05, 3.63) is 54.1 Å². The van der Waals surface area contributed by atoms with Crippen LogP contribution in [-0.2, 0) is 0 Å². The van der Waals surface area contributed by atoms with Gasteiger partial charge in [-0.2, -0.15) is 0 Å². The van der Waals surface area contributed by atoms with E-state index in [-0.39, 0.29) is 12.1 Å². The van der Waals surface area contributed by atoms with Gasteiger partial charge in [-0.3, -0.25) is 0 Å². The summed E-state index contributed by atoms with van der Waals surface area (Å²) in [7, 11) is 0. The van der Waals surface area contributed by atoms with E-state index in [4.69, 9.17) is 19.9 Å². The predicted molar refractivity (Wildman–Crippen MR) is 92.2 cm³/mol. The van der Waals surface area contributed by atoms with Crippen LogP contribution in [0.5, 0.6) is 17.2 Å². The van der Waals surface area contributed by atoms with Crippen LogP contribution in [0.15, 0.2) is 48.5 Å². The van der Waals surface area contributed by atoms with Gasteiger partial charge < -0.3 is 19.9 Å². The summed E-state index contributed by atoms with van der Waals surface area (Å²) in [6.45, 7) is 7.04. The molecule has 0 fully saturated rings. The van der Waals surface area contributed by atoms with Gasteiger partial charge in [0.2, 0.25) is 0 Å². The zero-order valence-corrected chi connectivity index (χ0v) is 14.0. The van der Waals surface area contributed by atoms with Crippen molar-refractivity contribution in [1.82, 2.24) is 0 Å². The second-order valence-electron chi connectivity index (χ2n) is 5.56. The summed E-state index contributed by atoms with van der Waals surface area (Å²) < 4.78 is 16.8. The lowest BCUT2D eigenvalue weighted by molar-refractivity contribution is 0.242. The van der Waals surface area contributed by atoms with Crippen LogP contribution in [0.4, 0.5) is 0 Å². The van der Waals surface area contributed by atoms with E-state index < -0.39 is 0 Å². The van der Waals surface area contributed by atoms with Crippen molar-refractivity contribution in [3.8, 4) is 17.2 Å². The lowest BCUT2D eigenvalue weighted by Crippen LogP contribution is -2.19. The van der Waals surface area contributed by atoms with E-state index >= 15 is 0 Å². The van der Waals surface area contributed by atoms with Crippen LogP contribution in [0, 0.1) is 0 Å². The molecule has 0 bridgehead atoms. The van der Waals surface area contributed by atoms with Crippen LogP contribution in [0.2, 0.25) is 0 Å². The molecule has 0 saturated carbocycles. The minimum absolute atomic E-state index is 0.164. The first-order chi connectivity index (χ1) is 11.1. The third kappa shape index (κ3) is 5.49. The number of rotatable bonds is 8. The predicted octanol–water partition coefficient (Wildman–Crippen LogP) is 3.95. The van der Waals surface area contributed by atoms with Crippen molar-refractivity contribution >= 4 is 0 Å². The van der Waals surface area contributed by atoms with Crippen LogP contribution in [-0.4, -0.2) is 19.3 Å². The second kappa shape index (κ2) is 8.44. The molecule has 124 valence electrons. The van der Waals surface area contributed by atoms with Gasteiger partial charge in [-0.05, 0) is 62.7 Å². The minimum Gasteiger partial charge on any atom is -0.494 e. The highest BCUT2D eigenvalue weighted by molar-refractivity contribution is 5.32. The molecule has 0 amide bonds. The van der Waals surface area contributed by atoms with E-state index in [1.165, 1.54) is 0 Å². The van der Waals surface area contributed by atoms with E-state index in [0.29, 0.717) is 13.2 Å². The van der Waals surface area contributed by atoms with Crippen molar-refractivity contribution in [3.63, 3.8) is 0 Å². The maximum absolute atomic E-state index is 6.18. The monoisotopic (exact) mass is 315 g/mol. The summed E-state index contributed by atoms with van der Waals surface area (Å²) in [5.74, 6) is 2.47. The fourth-order valence-electron chi connectivity index (χ4n) is 2.15. The van der Waals surface area contributed by atoms with Gasteiger partial charge in [0.05, 0.1) is 18.8 Å². The Bertz CT molecular complexity index is 579. The summed E-state index contributed by atoms with van der Waals surface area (Å²) in [5, 5.41) is 0. The number of hydrogen-bond acceptors (Lipinski definition) is 4. The van der Waals surface area contributed by atoms with E-state index in [0.717, 1.165) is 22.8 Å². The van der Waals surface area contributed by atoms with Gasteiger partial charge in [0, 0.05) is 0 Å². The smallest absolute Gasteiger partial charge is 0.119 e. The Labute approximate surface area is 138 Å². The number of nitrogens with two attached hydrogens (primary N) is 1. The van der Waals surface area contributed by atoms with Crippen molar-refractivity contribution in [1.29, 1.82) is 0 Å². The van der Waals surface area contributed by atoms with E-state index in [1.807, 2.05) is 69.3 Å². The normalized spacial score (nSPS) is 12.0. The number of ether oxygens (including phenoxy) is 3. The second-order valence-corrected chi connectivity index (χ2v) is 5.56. The van der Waals surface area contributed by atoms with Crippen molar-refractivity contribution in [2.24, 2.45) is 5.73 Å². The Morgan fingerprint density at radius 1 is 0.826 bits per heavy atom. The molecule has 0 saturated heterocycles. The van der Waals surface area contributed by atoms with Crippen LogP contribution in [0.1, 0.15) is 32.4 Å². The third-order valence-corrected chi connectivity index (χ3v) is 3.24. The lowest BCUT2D eigenvalue weighted by Gasteiger charge is -2.15. The maximum Gasteiger partial charge on any atom is 0.119 e. The van der Waals surface area contributed by atoms with E-state index in [9.17, 15) is 0 Å². The summed E-state index contributed by atoms with van der Waals surface area (Å²) in [6, 6.07) is 15.2. The first-order valence-corrected chi connectivity index (χ1v) is 7.96. The molecular formula is C19H25NO3. The molecule has 0 aliphatic rings. The summed E-state index contributed by atoms with van der Waals surface area (Å²) >= 11 is 0. The molecule has 4 heteroatoms. The number of benzene rings is 2. The quantitative estimate of drug-likeness (QED) is 0.801. The molecule has 0 radical (unpaired) electrons. The van der Waals surface area contributed by atoms with Crippen LogP contribution in [0.3, 0.4) is 0 Å². The Balaban J connectivity index is 1.87. The molecule has 4 nitrogen and oxygen atoms in total. The van der Waals surface area contributed by atoms with E-state index in [1.54, 1.807) is 0 Å². The number of hydrogen-bond donors (Lipinski definition) is 1. The lowest BCUT2D eigenvalue weighted by atomic mass is 10.1. The molecule has 2 aromatic carbocycles. The first-order valence-electron chi connectivity index (χ1n) is 7.96. The van der Waals surface area contributed by atoms with Gasteiger partial charge in [0.1, 0.15) is 23.9 Å². The molecule has 0 aliphatic heterocycles. The zero-order valence-electron chi connectivity index (χ0n) is 14.0. The molecule has 0 spiro atoms. The summed E-state index contributed by atoms with van der Waals surface area (Å²) in [5.41, 5.74) is 7.20. The van der Waals surface area contributed by atoms with Crippen molar-refractivity contribution in [2.75, 3.05) is 13.2 Å². The van der Waals surface area contributed by atoms with Crippen LogP contribution in [0.25, 0.3) is 0 Å². The highest BCUT2D eigenvalue weighted by Gasteiger charge is 2.08. The van der Waals surface area contributed by atoms with Gasteiger partial charge in [-0.25, -0.2) is 0 Å². The standard InChI is InChI=1S/C19H25NO3/c1-4-21-16-9-11-17(12-10-16)22-13-19(20)15-5-7-18(8-6-15)23-14(2)3/h5-12,14,19H,4,13,20H2,1-3H3. The molecule has 0 aliphatic carbocycles. The zero-order chi connectivity index (χ0) is 16.7. The van der Waals surface area contributed by atoms with Gasteiger partial charge >= 0.3 is 0 Å². The largest absolute Gasteiger partial charge is 0.494 e. The molecule has 1 unspecified atom stereocenters. The average molecular weight is 315 g/mol. The third-order valence-electron chi connectivity index (χ3n) is 3.24. The molecule has 1 atom stereocenters. The molecule has 0 aromatic heterocycles. The Morgan fingerprint density at radius 2 is 1.35 bits per heavy atom. The van der Waals surface area contributed by atoms with Gasteiger partial charge in [-0.1, -0.05) is 12.1 Å². The molecule has 2 N–H and O–H groups in total. The highest BCUT2D eigenvalue weighted by Crippen LogP contribution is 2.21. The Hall–Kier alpha value is -2.20. The maximum atomic E-state index is 6.18. The molecule has 2 aromatic rings. The Morgan fingerprint density at radius 3 is 1.87 bits per heavy atom. The van der Waals surface area contributed by atoms with E-state index in [2.05, 4.69) is 0 Å². The van der Waals surface area contributed by atoms with Gasteiger partial charge in [0.15, 0.2) is 0 Å². The van der Waals surface area contributed by atoms with Crippen molar-refractivity contribution in [2.45, 2.75) is 32.9 Å². The SMILES string of the molecule is CCOc1ccc(OCC(N)c2ccc(OC(C)C)cc2)cc1. The van der Waals surface area contributed by atoms with Crippen LogP contribution >= 0.6 is 0 Å². The fraction of sp³-hybridized carbons (Fsp3) is 0.368. The Kier molecular flexibility index (Phi) is 6.29. The van der Waals surface area contributed by atoms with Crippen LogP contribution < -0.4 is 19.9 Å². The minimum atomic E-state index is -0.185. The molecule has 23 heavy (non-hydrogen) atoms. The highest BCUT2D eigenvalue weighted by atomic mass is 16.5. The fourth-order valence-corrected chi connectivity index (χ4v) is 2.15. The molecule has 2 rings (SSSR count). The summed E-state index contributed by atoms with van der Waals surface area (Å²) in [6.07, 6.45) is 0.164. The molecule has 0 heterocycles.